The summed E-state index contributed by atoms with van der Waals surface area (Å²) in [4.78, 5) is 15.8. The van der Waals surface area contributed by atoms with Crippen LogP contribution in [-0.4, -0.2) is 32.6 Å². The van der Waals surface area contributed by atoms with E-state index in [0.29, 0.717) is 22.9 Å². The summed E-state index contributed by atoms with van der Waals surface area (Å²) in [6, 6.07) is 10.6. The lowest BCUT2D eigenvalue weighted by molar-refractivity contribution is -0.114. The minimum Gasteiger partial charge on any atom is -0.493 e. The second kappa shape index (κ2) is 10.4. The Bertz CT molecular complexity index is 769. The number of anilines is 2. The van der Waals surface area contributed by atoms with Crippen LogP contribution in [0.25, 0.3) is 0 Å². The summed E-state index contributed by atoms with van der Waals surface area (Å²) in [6.45, 7) is -0.177. The molecule has 0 bridgehead atoms. The number of guanidine groups is 1. The van der Waals surface area contributed by atoms with E-state index >= 15 is 0 Å². The SMILES string of the molecule is COc1ccc(NC(N)=NCC(=O)Nc2ccc(F)cc2)cc1OC.I. The lowest BCUT2D eigenvalue weighted by Gasteiger charge is -2.11. The van der Waals surface area contributed by atoms with Crippen molar-refractivity contribution in [2.75, 3.05) is 31.4 Å². The molecule has 0 aliphatic carbocycles. The monoisotopic (exact) mass is 474 g/mol. The molecule has 0 radical (unpaired) electrons. The molecule has 7 nitrogen and oxygen atoms in total. The first-order valence-electron chi connectivity index (χ1n) is 7.36. The molecule has 4 N–H and O–H groups in total. The van der Waals surface area contributed by atoms with Gasteiger partial charge in [-0.15, -0.1) is 24.0 Å². The number of benzene rings is 2. The zero-order chi connectivity index (χ0) is 18.2. The van der Waals surface area contributed by atoms with Crippen LogP contribution >= 0.6 is 24.0 Å². The molecule has 0 aliphatic rings. The number of hydrogen-bond acceptors (Lipinski definition) is 4. The van der Waals surface area contributed by atoms with E-state index in [1.54, 1.807) is 25.3 Å². The van der Waals surface area contributed by atoms with Crippen LogP contribution in [0.2, 0.25) is 0 Å². The molecule has 0 aliphatic heterocycles. The molecule has 2 rings (SSSR count). The third-order valence-electron chi connectivity index (χ3n) is 3.18. The van der Waals surface area contributed by atoms with E-state index in [2.05, 4.69) is 15.6 Å². The first-order valence-corrected chi connectivity index (χ1v) is 7.36. The molecular formula is C17H20FIN4O3. The highest BCUT2D eigenvalue weighted by Gasteiger charge is 2.06. The molecule has 9 heteroatoms. The number of nitrogens with zero attached hydrogens (tertiary/aromatic N) is 1. The van der Waals surface area contributed by atoms with Crippen LogP contribution < -0.4 is 25.8 Å². The fourth-order valence-corrected chi connectivity index (χ4v) is 1.99. The van der Waals surface area contributed by atoms with Gasteiger partial charge in [0.05, 0.1) is 14.2 Å². The van der Waals surface area contributed by atoms with Crippen molar-refractivity contribution in [1.82, 2.24) is 0 Å². The fourth-order valence-electron chi connectivity index (χ4n) is 1.99. The Morgan fingerprint density at radius 1 is 1.04 bits per heavy atom. The number of nitrogens with two attached hydrogens (primary N) is 1. The van der Waals surface area contributed by atoms with Gasteiger partial charge in [0, 0.05) is 17.4 Å². The molecule has 1 amide bonds. The number of carbonyl (C=O) groups is 1. The summed E-state index contributed by atoms with van der Waals surface area (Å²) in [7, 11) is 3.07. The van der Waals surface area contributed by atoms with Crippen molar-refractivity contribution in [3.63, 3.8) is 0 Å². The molecule has 0 atom stereocenters. The summed E-state index contributed by atoms with van der Waals surface area (Å²) in [5.74, 6) is 0.445. The highest BCUT2D eigenvalue weighted by molar-refractivity contribution is 14.0. The number of nitrogens with one attached hydrogen (secondary N) is 2. The Morgan fingerprint density at radius 2 is 1.65 bits per heavy atom. The number of amides is 1. The maximum absolute atomic E-state index is 12.8. The number of methoxy groups -OCH3 is 2. The average molecular weight is 474 g/mol. The number of carbonyl (C=O) groups excluding carboxylic acids is 1. The first-order chi connectivity index (χ1) is 12.0. The summed E-state index contributed by atoms with van der Waals surface area (Å²) < 4.78 is 23.2. The van der Waals surface area contributed by atoms with E-state index < -0.39 is 0 Å². The molecule has 140 valence electrons. The van der Waals surface area contributed by atoms with Crippen molar-refractivity contribution in [1.29, 1.82) is 0 Å². The molecule has 0 spiro atoms. The minimum absolute atomic E-state index is 0. The predicted octanol–water partition coefficient (Wildman–Crippen LogP) is 2.83. The van der Waals surface area contributed by atoms with E-state index in [-0.39, 0.29) is 48.2 Å². The lowest BCUT2D eigenvalue weighted by atomic mass is 10.3. The number of rotatable bonds is 6. The zero-order valence-corrected chi connectivity index (χ0v) is 16.6. The molecular weight excluding hydrogens is 454 g/mol. The highest BCUT2D eigenvalue weighted by atomic mass is 127. The molecule has 0 fully saturated rings. The third-order valence-corrected chi connectivity index (χ3v) is 3.18. The number of halogens is 2. The van der Waals surface area contributed by atoms with Gasteiger partial charge in [-0.25, -0.2) is 9.38 Å². The summed E-state index contributed by atoms with van der Waals surface area (Å²) in [5, 5.41) is 5.45. The van der Waals surface area contributed by atoms with E-state index in [9.17, 15) is 9.18 Å². The second-order valence-electron chi connectivity index (χ2n) is 4.95. The van der Waals surface area contributed by atoms with Crippen LogP contribution in [0.1, 0.15) is 0 Å². The molecule has 26 heavy (non-hydrogen) atoms. The van der Waals surface area contributed by atoms with Crippen LogP contribution in [0.4, 0.5) is 15.8 Å². The van der Waals surface area contributed by atoms with Crippen molar-refractivity contribution in [2.24, 2.45) is 10.7 Å². The lowest BCUT2D eigenvalue weighted by Crippen LogP contribution is -2.25. The zero-order valence-electron chi connectivity index (χ0n) is 14.3. The Kier molecular flexibility index (Phi) is 8.62. The van der Waals surface area contributed by atoms with Gasteiger partial charge in [0.25, 0.3) is 0 Å². The Labute approximate surface area is 167 Å². The quantitative estimate of drug-likeness (QED) is 0.340. The van der Waals surface area contributed by atoms with Gasteiger partial charge in [-0.1, -0.05) is 0 Å². The maximum Gasteiger partial charge on any atom is 0.246 e. The Morgan fingerprint density at radius 3 is 2.27 bits per heavy atom. The van der Waals surface area contributed by atoms with Crippen LogP contribution in [0.5, 0.6) is 11.5 Å². The smallest absolute Gasteiger partial charge is 0.246 e. The normalized spacial score (nSPS) is 10.5. The van der Waals surface area contributed by atoms with Crippen LogP contribution in [0.3, 0.4) is 0 Å². The maximum atomic E-state index is 12.8. The Hall–Kier alpha value is -2.56. The second-order valence-corrected chi connectivity index (χ2v) is 4.95. The molecule has 0 unspecified atom stereocenters. The molecule has 0 saturated heterocycles. The summed E-state index contributed by atoms with van der Waals surface area (Å²) in [6.07, 6.45) is 0. The summed E-state index contributed by atoms with van der Waals surface area (Å²) >= 11 is 0. The van der Waals surface area contributed by atoms with E-state index in [1.165, 1.54) is 31.4 Å². The van der Waals surface area contributed by atoms with E-state index in [4.69, 9.17) is 15.2 Å². The van der Waals surface area contributed by atoms with Gasteiger partial charge < -0.3 is 25.8 Å². The van der Waals surface area contributed by atoms with Crippen molar-refractivity contribution in [3.05, 3.63) is 48.3 Å². The van der Waals surface area contributed by atoms with Gasteiger partial charge in [-0.2, -0.15) is 0 Å². The fraction of sp³-hybridized carbons (Fsp3) is 0.176. The van der Waals surface area contributed by atoms with Gasteiger partial charge in [0.1, 0.15) is 12.4 Å². The van der Waals surface area contributed by atoms with Crippen LogP contribution in [0, 0.1) is 5.82 Å². The van der Waals surface area contributed by atoms with Gasteiger partial charge in [0.15, 0.2) is 17.5 Å². The van der Waals surface area contributed by atoms with E-state index in [0.717, 1.165) is 0 Å². The molecule has 0 heterocycles. The van der Waals surface area contributed by atoms with Gasteiger partial charge in [0.2, 0.25) is 5.91 Å². The molecule has 2 aromatic carbocycles. The molecule has 2 aromatic rings. The van der Waals surface area contributed by atoms with Gasteiger partial charge in [-0.3, -0.25) is 4.79 Å². The van der Waals surface area contributed by atoms with Gasteiger partial charge >= 0.3 is 0 Å². The molecule has 0 saturated carbocycles. The predicted molar refractivity (Wildman–Crippen MR) is 110 cm³/mol. The van der Waals surface area contributed by atoms with Crippen molar-refractivity contribution in [2.45, 2.75) is 0 Å². The average Bonchev–Trinajstić information content (AvgIpc) is 2.62. The van der Waals surface area contributed by atoms with Gasteiger partial charge in [-0.05, 0) is 36.4 Å². The number of hydrogen-bond donors (Lipinski definition) is 3. The van der Waals surface area contributed by atoms with Crippen LogP contribution in [-0.2, 0) is 4.79 Å². The van der Waals surface area contributed by atoms with Crippen molar-refractivity contribution >= 4 is 47.2 Å². The number of ether oxygens (including phenoxy) is 2. The van der Waals surface area contributed by atoms with E-state index in [1.807, 2.05) is 0 Å². The minimum atomic E-state index is -0.376. The standard InChI is InChI=1S/C17H19FN4O3.HI/c1-24-14-8-7-13(9-15(14)25-2)22-17(19)20-10-16(23)21-12-5-3-11(18)4-6-12;/h3-9H,10H2,1-2H3,(H,21,23)(H3,19,20,22);1H. The Balaban J connectivity index is 0.00000338. The molecule has 0 aromatic heterocycles. The number of aliphatic imine (C=N–C) groups is 1. The highest BCUT2D eigenvalue weighted by Crippen LogP contribution is 2.29. The summed E-state index contributed by atoms with van der Waals surface area (Å²) in [5.41, 5.74) is 6.88. The van der Waals surface area contributed by atoms with Crippen molar-refractivity contribution < 1.29 is 18.7 Å². The largest absolute Gasteiger partial charge is 0.493 e. The topological polar surface area (TPSA) is 98.0 Å². The first kappa shape index (κ1) is 21.5. The van der Waals surface area contributed by atoms with Crippen LogP contribution in [0.15, 0.2) is 47.5 Å². The third kappa shape index (κ3) is 6.39. The van der Waals surface area contributed by atoms with Crippen molar-refractivity contribution in [3.8, 4) is 11.5 Å².